The van der Waals surface area contributed by atoms with Crippen LogP contribution in [0.15, 0.2) is 71.6 Å². The number of hydrogen-bond acceptors (Lipinski definition) is 6. The molecule has 3 amide bonds. The van der Waals surface area contributed by atoms with E-state index in [2.05, 4.69) is 11.4 Å². The molecule has 0 radical (unpaired) electrons. The summed E-state index contributed by atoms with van der Waals surface area (Å²) in [5.74, 6) is 0.122. The molecule has 1 aliphatic heterocycles. The molecular weight excluding hydrogens is 500 g/mol. The minimum absolute atomic E-state index is 0.244. The molecule has 9 heteroatoms. The molecule has 3 aromatic rings. The lowest BCUT2D eigenvalue weighted by Gasteiger charge is -2.13. The zero-order valence-corrected chi connectivity index (χ0v) is 21.2. The Morgan fingerprint density at radius 3 is 2.56 bits per heavy atom. The first kappa shape index (κ1) is 25.3. The van der Waals surface area contributed by atoms with Crippen LogP contribution in [0.3, 0.4) is 0 Å². The second-order valence-electron chi connectivity index (χ2n) is 8.01. The maximum Gasteiger partial charge on any atom is 0.294 e. The lowest BCUT2D eigenvalue weighted by molar-refractivity contribution is -0.127. The Morgan fingerprint density at radius 2 is 1.86 bits per heavy atom. The maximum atomic E-state index is 12.8. The summed E-state index contributed by atoms with van der Waals surface area (Å²) in [5, 5.41) is 2.45. The largest absolute Gasteiger partial charge is 0.495 e. The summed E-state index contributed by atoms with van der Waals surface area (Å²) in [6.45, 7) is 2.07. The van der Waals surface area contributed by atoms with Crippen LogP contribution in [0.1, 0.15) is 16.7 Å². The van der Waals surface area contributed by atoms with Gasteiger partial charge in [0, 0.05) is 5.69 Å². The number of carbonyl (C=O) groups is 3. The van der Waals surface area contributed by atoms with Gasteiger partial charge in [-0.1, -0.05) is 53.6 Å². The smallest absolute Gasteiger partial charge is 0.294 e. The summed E-state index contributed by atoms with van der Waals surface area (Å²) >= 11 is 6.87. The van der Waals surface area contributed by atoms with E-state index in [4.69, 9.17) is 21.1 Å². The Bertz CT molecular complexity index is 1340. The highest BCUT2D eigenvalue weighted by atomic mass is 35.5. The van der Waals surface area contributed by atoms with Gasteiger partial charge in [0.2, 0.25) is 5.91 Å². The van der Waals surface area contributed by atoms with Crippen molar-refractivity contribution in [2.45, 2.75) is 13.5 Å². The summed E-state index contributed by atoms with van der Waals surface area (Å²) in [5.41, 5.74) is 3.41. The molecule has 1 aliphatic rings. The van der Waals surface area contributed by atoms with Crippen molar-refractivity contribution in [1.82, 2.24) is 4.90 Å². The number of rotatable bonds is 8. The van der Waals surface area contributed by atoms with Crippen LogP contribution in [-0.2, 0) is 16.2 Å². The Kier molecular flexibility index (Phi) is 7.97. The molecule has 1 heterocycles. The van der Waals surface area contributed by atoms with Crippen LogP contribution in [-0.4, -0.2) is 35.6 Å². The molecule has 0 unspecified atom stereocenters. The Labute approximate surface area is 218 Å². The minimum Gasteiger partial charge on any atom is -0.495 e. The second-order valence-corrected chi connectivity index (χ2v) is 9.41. The lowest BCUT2D eigenvalue weighted by atomic mass is 10.1. The summed E-state index contributed by atoms with van der Waals surface area (Å²) in [4.78, 5) is 38.8. The average Bonchev–Trinajstić information content (AvgIpc) is 3.11. The van der Waals surface area contributed by atoms with Crippen LogP contribution in [0.5, 0.6) is 11.5 Å². The van der Waals surface area contributed by atoms with Gasteiger partial charge in [0.15, 0.2) is 0 Å². The van der Waals surface area contributed by atoms with E-state index in [0.29, 0.717) is 28.8 Å². The molecule has 36 heavy (non-hydrogen) atoms. The van der Waals surface area contributed by atoms with E-state index < -0.39 is 23.6 Å². The lowest BCUT2D eigenvalue weighted by Crippen LogP contribution is -2.36. The van der Waals surface area contributed by atoms with Crippen molar-refractivity contribution in [2.75, 3.05) is 19.0 Å². The summed E-state index contributed by atoms with van der Waals surface area (Å²) in [6.07, 6.45) is 1.62. The fourth-order valence-corrected chi connectivity index (χ4v) is 4.60. The van der Waals surface area contributed by atoms with Crippen molar-refractivity contribution in [2.24, 2.45) is 0 Å². The molecule has 184 valence electrons. The summed E-state index contributed by atoms with van der Waals surface area (Å²) in [6, 6.07) is 20.1. The first-order valence-corrected chi connectivity index (χ1v) is 12.2. The van der Waals surface area contributed by atoms with Gasteiger partial charge in [0.25, 0.3) is 11.1 Å². The first-order valence-electron chi connectivity index (χ1n) is 11.0. The van der Waals surface area contributed by atoms with Crippen molar-refractivity contribution >= 4 is 52.2 Å². The first-order chi connectivity index (χ1) is 17.3. The van der Waals surface area contributed by atoms with Gasteiger partial charge < -0.3 is 14.8 Å². The molecule has 0 aromatic heterocycles. The normalized spacial score (nSPS) is 14.3. The van der Waals surface area contributed by atoms with Gasteiger partial charge in [-0.2, -0.15) is 0 Å². The van der Waals surface area contributed by atoms with Gasteiger partial charge in [-0.15, -0.1) is 0 Å². The third-order valence-electron chi connectivity index (χ3n) is 5.28. The predicted octanol–water partition coefficient (Wildman–Crippen LogP) is 5.91. The third-order valence-corrected chi connectivity index (χ3v) is 6.48. The third kappa shape index (κ3) is 6.27. The highest BCUT2D eigenvalue weighted by Gasteiger charge is 2.36. The number of thioether (sulfide) groups is 1. The maximum absolute atomic E-state index is 12.8. The number of aryl methyl sites for hydroxylation is 1. The quantitative estimate of drug-likeness (QED) is 0.370. The number of amides is 3. The topological polar surface area (TPSA) is 84.9 Å². The van der Waals surface area contributed by atoms with Gasteiger partial charge in [-0.05, 0) is 66.2 Å². The number of halogens is 1. The Morgan fingerprint density at radius 1 is 1.08 bits per heavy atom. The van der Waals surface area contributed by atoms with Crippen LogP contribution in [0.25, 0.3) is 6.08 Å². The van der Waals surface area contributed by atoms with E-state index in [1.54, 1.807) is 42.5 Å². The molecule has 0 bridgehead atoms. The Balaban J connectivity index is 1.35. The number of nitrogens with one attached hydrogen (secondary N) is 1. The standard InChI is InChI=1S/C27H23ClN2O5S/c1-17-4-3-5-19(12-17)16-35-21-9-6-18(7-10-21)13-24-26(32)30(27(33)36-24)15-25(31)29-20-8-11-23(34-2)22(28)14-20/h3-14H,15-16H2,1-2H3,(H,29,31)/b24-13+. The number of ether oxygens (including phenoxy) is 2. The Hall–Kier alpha value is -3.75. The molecule has 0 spiro atoms. The molecule has 0 aliphatic carbocycles. The van der Waals surface area contributed by atoms with Gasteiger partial charge in [-0.25, -0.2) is 0 Å². The van der Waals surface area contributed by atoms with Crippen molar-refractivity contribution in [3.63, 3.8) is 0 Å². The van der Waals surface area contributed by atoms with Crippen LogP contribution in [0.4, 0.5) is 10.5 Å². The number of imide groups is 1. The van der Waals surface area contributed by atoms with Gasteiger partial charge in [0.05, 0.1) is 17.0 Å². The van der Waals surface area contributed by atoms with Crippen molar-refractivity contribution in [3.05, 3.63) is 93.3 Å². The second kappa shape index (κ2) is 11.3. The molecular formula is C27H23ClN2O5S. The molecule has 0 atom stereocenters. The van der Waals surface area contributed by atoms with Crippen LogP contribution >= 0.6 is 23.4 Å². The highest BCUT2D eigenvalue weighted by Crippen LogP contribution is 2.33. The zero-order chi connectivity index (χ0) is 25.7. The number of nitrogens with zero attached hydrogens (tertiary/aromatic N) is 1. The fraction of sp³-hybridized carbons (Fsp3) is 0.148. The van der Waals surface area contributed by atoms with Gasteiger partial charge >= 0.3 is 0 Å². The van der Waals surface area contributed by atoms with Gasteiger partial charge in [-0.3, -0.25) is 19.3 Å². The number of anilines is 1. The fourth-order valence-electron chi connectivity index (χ4n) is 3.50. The molecule has 4 rings (SSSR count). The summed E-state index contributed by atoms with van der Waals surface area (Å²) in [7, 11) is 1.49. The molecule has 1 fully saturated rings. The van der Waals surface area contributed by atoms with E-state index in [1.165, 1.54) is 18.7 Å². The SMILES string of the molecule is COc1ccc(NC(=O)CN2C(=O)S/C(=C/c3ccc(OCc4cccc(C)c4)cc3)C2=O)cc1Cl. The summed E-state index contributed by atoms with van der Waals surface area (Å²) < 4.78 is 10.9. The number of benzene rings is 3. The zero-order valence-electron chi connectivity index (χ0n) is 19.6. The monoisotopic (exact) mass is 522 g/mol. The van der Waals surface area contributed by atoms with Crippen molar-refractivity contribution in [1.29, 1.82) is 0 Å². The highest BCUT2D eigenvalue weighted by molar-refractivity contribution is 8.18. The predicted molar refractivity (Wildman–Crippen MR) is 141 cm³/mol. The van der Waals surface area contributed by atoms with E-state index >= 15 is 0 Å². The molecule has 1 N–H and O–H groups in total. The van der Waals surface area contributed by atoms with Crippen LogP contribution in [0, 0.1) is 6.92 Å². The number of hydrogen-bond donors (Lipinski definition) is 1. The minimum atomic E-state index is -0.521. The van der Waals surface area contributed by atoms with Crippen molar-refractivity contribution < 1.29 is 23.9 Å². The molecule has 0 saturated carbocycles. The van der Waals surface area contributed by atoms with Crippen molar-refractivity contribution in [3.8, 4) is 11.5 Å². The molecule has 7 nitrogen and oxygen atoms in total. The molecule has 1 saturated heterocycles. The van der Waals surface area contributed by atoms with E-state index in [1.807, 2.05) is 25.1 Å². The number of methoxy groups -OCH3 is 1. The van der Waals surface area contributed by atoms with Crippen LogP contribution < -0.4 is 14.8 Å². The van der Waals surface area contributed by atoms with Gasteiger partial charge in [0.1, 0.15) is 24.7 Å². The van der Waals surface area contributed by atoms with E-state index in [9.17, 15) is 14.4 Å². The van der Waals surface area contributed by atoms with E-state index in [0.717, 1.165) is 27.8 Å². The van der Waals surface area contributed by atoms with Crippen LogP contribution in [0.2, 0.25) is 5.02 Å². The molecule has 3 aromatic carbocycles. The average molecular weight is 523 g/mol. The van der Waals surface area contributed by atoms with E-state index in [-0.39, 0.29) is 4.91 Å². The number of carbonyl (C=O) groups excluding carboxylic acids is 3.